The van der Waals surface area contributed by atoms with Gasteiger partial charge in [0.15, 0.2) is 5.13 Å². The largest absolute Gasteiger partial charge is 0.444 e. The molecule has 0 unspecified atom stereocenters. The Morgan fingerprint density at radius 1 is 1.19 bits per heavy atom. The van der Waals surface area contributed by atoms with Crippen molar-refractivity contribution in [3.05, 3.63) is 58.5 Å². The molecule has 5 heterocycles. The molecule has 0 aliphatic carbocycles. The Bertz CT molecular complexity index is 1720. The molecular formula is C31H34FN7O2S. The van der Waals surface area contributed by atoms with E-state index in [1.54, 1.807) is 17.0 Å². The maximum absolute atomic E-state index is 13.5. The summed E-state index contributed by atoms with van der Waals surface area (Å²) in [5, 5.41) is 15.4. The molecule has 2 saturated heterocycles. The van der Waals surface area contributed by atoms with Gasteiger partial charge >= 0.3 is 6.09 Å². The van der Waals surface area contributed by atoms with Crippen LogP contribution in [0.25, 0.3) is 16.8 Å². The van der Waals surface area contributed by atoms with Crippen molar-refractivity contribution in [1.82, 2.24) is 19.5 Å². The number of hydrogen-bond donors (Lipinski definition) is 0. The van der Waals surface area contributed by atoms with Gasteiger partial charge < -0.3 is 19.4 Å². The van der Waals surface area contributed by atoms with Gasteiger partial charge in [-0.3, -0.25) is 0 Å². The van der Waals surface area contributed by atoms with Crippen LogP contribution in [-0.2, 0) is 11.2 Å². The third-order valence-electron chi connectivity index (χ3n) is 7.85. The first-order chi connectivity index (χ1) is 19.9. The zero-order chi connectivity index (χ0) is 30.0. The van der Waals surface area contributed by atoms with E-state index in [1.165, 1.54) is 23.5 Å². The van der Waals surface area contributed by atoms with Gasteiger partial charge in [0, 0.05) is 55.6 Å². The van der Waals surface area contributed by atoms with Crippen LogP contribution in [0.5, 0.6) is 0 Å². The molecular weight excluding hydrogens is 553 g/mol. The maximum atomic E-state index is 13.5. The first kappa shape index (κ1) is 28.0. The van der Waals surface area contributed by atoms with E-state index in [-0.39, 0.29) is 17.3 Å². The standard InChI is InChI=1S/C31H34FN7O2S/c1-7-23-27(36(6)28-34-26(25(14-33)42-28)20-8-10-21(32)11-9-20)24-13-22(12-19(2)39(24)35-23)37-15-31(16-37)17-38(18-31)29(40)41-30(3,4)5/h8-13H,7,15-18H2,1-6H3. The highest BCUT2D eigenvalue weighted by Crippen LogP contribution is 2.44. The molecule has 0 N–H and O–H groups in total. The number of thiazole rings is 1. The van der Waals surface area contributed by atoms with Crippen LogP contribution in [0, 0.1) is 29.5 Å². The van der Waals surface area contributed by atoms with Crippen LogP contribution in [0.15, 0.2) is 36.4 Å². The highest BCUT2D eigenvalue weighted by molar-refractivity contribution is 7.16. The second-order valence-corrected chi connectivity index (χ2v) is 13.3. The summed E-state index contributed by atoms with van der Waals surface area (Å²) in [6.07, 6.45) is 0.484. The normalized spacial score (nSPS) is 15.9. The third-order valence-corrected chi connectivity index (χ3v) is 8.89. The zero-order valence-electron chi connectivity index (χ0n) is 24.7. The summed E-state index contributed by atoms with van der Waals surface area (Å²) in [6.45, 7) is 13.0. The Morgan fingerprint density at radius 2 is 1.88 bits per heavy atom. The Balaban J connectivity index is 1.27. The number of likely N-dealkylation sites (tertiary alicyclic amines) is 1. The average molecular weight is 588 g/mol. The van der Waals surface area contributed by atoms with Crippen LogP contribution in [0.1, 0.15) is 44.0 Å². The van der Waals surface area contributed by atoms with E-state index in [4.69, 9.17) is 14.8 Å². The second-order valence-electron chi connectivity index (χ2n) is 12.3. The fourth-order valence-corrected chi connectivity index (χ4v) is 6.76. The Hall–Kier alpha value is -4.17. The third kappa shape index (κ3) is 4.83. The fraction of sp³-hybridized carbons (Fsp3) is 0.419. The van der Waals surface area contributed by atoms with Gasteiger partial charge in [0.2, 0.25) is 0 Å². The second kappa shape index (κ2) is 9.98. The van der Waals surface area contributed by atoms with E-state index in [0.29, 0.717) is 34.4 Å². The number of pyridine rings is 1. The molecule has 1 spiro atoms. The predicted molar refractivity (Wildman–Crippen MR) is 162 cm³/mol. The molecule has 4 aromatic rings. The molecule has 3 aromatic heterocycles. The number of nitriles is 1. The molecule has 2 aliphatic rings. The monoisotopic (exact) mass is 587 g/mol. The van der Waals surface area contributed by atoms with Gasteiger partial charge in [0.25, 0.3) is 0 Å². The number of aromatic nitrogens is 3. The highest BCUT2D eigenvalue weighted by Gasteiger charge is 2.54. The van der Waals surface area contributed by atoms with E-state index >= 15 is 0 Å². The summed E-state index contributed by atoms with van der Waals surface area (Å²) in [6, 6.07) is 12.6. The lowest BCUT2D eigenvalue weighted by Gasteiger charge is -2.60. The van der Waals surface area contributed by atoms with Gasteiger partial charge in [-0.15, -0.1) is 0 Å². The van der Waals surface area contributed by atoms with Crippen LogP contribution in [0.2, 0.25) is 0 Å². The summed E-state index contributed by atoms with van der Waals surface area (Å²) >= 11 is 1.31. The number of carbonyl (C=O) groups is 1. The lowest BCUT2D eigenvalue weighted by molar-refractivity contribution is -0.0452. The van der Waals surface area contributed by atoms with Crippen molar-refractivity contribution in [2.24, 2.45) is 5.41 Å². The predicted octanol–water partition coefficient (Wildman–Crippen LogP) is 6.16. The molecule has 0 bridgehead atoms. The molecule has 1 aromatic carbocycles. The molecule has 0 atom stereocenters. The van der Waals surface area contributed by atoms with Crippen LogP contribution in [0.3, 0.4) is 0 Å². The molecule has 42 heavy (non-hydrogen) atoms. The quantitative estimate of drug-likeness (QED) is 0.276. The fourth-order valence-electron chi connectivity index (χ4n) is 5.90. The van der Waals surface area contributed by atoms with Gasteiger partial charge in [-0.1, -0.05) is 18.3 Å². The zero-order valence-corrected chi connectivity index (χ0v) is 25.5. The van der Waals surface area contributed by atoms with E-state index in [9.17, 15) is 14.4 Å². The van der Waals surface area contributed by atoms with Gasteiger partial charge in [-0.25, -0.2) is 18.7 Å². The van der Waals surface area contributed by atoms with E-state index < -0.39 is 5.60 Å². The minimum Gasteiger partial charge on any atom is -0.444 e. The molecule has 6 rings (SSSR count). The topological polar surface area (TPSA) is 90.0 Å². The number of nitrogens with zero attached hydrogens (tertiary/aromatic N) is 7. The van der Waals surface area contributed by atoms with E-state index in [2.05, 4.69) is 36.9 Å². The lowest BCUT2D eigenvalue weighted by atomic mass is 9.73. The lowest BCUT2D eigenvalue weighted by Crippen LogP contribution is -2.73. The minimum absolute atomic E-state index is 0.108. The molecule has 218 valence electrons. The summed E-state index contributed by atoms with van der Waals surface area (Å²) in [4.78, 5) is 23.9. The SMILES string of the molecule is CCc1nn2c(C)cc(N3CC4(CN(C(=O)OC(C)(C)C)C4)C3)cc2c1N(C)c1nc(-c2ccc(F)cc2)c(C#N)s1. The summed E-state index contributed by atoms with van der Waals surface area (Å²) in [5.74, 6) is -0.333. The maximum Gasteiger partial charge on any atom is 0.410 e. The smallest absolute Gasteiger partial charge is 0.410 e. The van der Waals surface area contributed by atoms with Crippen molar-refractivity contribution in [3.63, 3.8) is 0 Å². The van der Waals surface area contributed by atoms with Crippen LogP contribution >= 0.6 is 11.3 Å². The molecule has 0 radical (unpaired) electrons. The molecule has 1 amide bonds. The van der Waals surface area contributed by atoms with Crippen LogP contribution in [-0.4, -0.2) is 64.4 Å². The summed E-state index contributed by atoms with van der Waals surface area (Å²) in [7, 11) is 1.95. The number of benzene rings is 1. The number of rotatable bonds is 5. The van der Waals surface area contributed by atoms with Crippen molar-refractivity contribution in [3.8, 4) is 17.3 Å². The summed E-state index contributed by atoms with van der Waals surface area (Å²) < 4.78 is 21.0. The molecule has 0 saturated carbocycles. The number of carbonyl (C=O) groups excluding carboxylic acids is 1. The van der Waals surface area contributed by atoms with Crippen molar-refractivity contribution >= 4 is 39.5 Å². The van der Waals surface area contributed by atoms with Gasteiger partial charge in [-0.2, -0.15) is 10.4 Å². The number of halogens is 1. The number of fused-ring (bicyclic) bond motifs is 1. The Labute approximate surface area is 248 Å². The number of amides is 1. The van der Waals surface area contributed by atoms with Gasteiger partial charge in [-0.05, 0) is 70.5 Å². The van der Waals surface area contributed by atoms with Crippen molar-refractivity contribution in [1.29, 1.82) is 5.26 Å². The number of aryl methyl sites for hydroxylation is 2. The first-order valence-electron chi connectivity index (χ1n) is 14.1. The van der Waals surface area contributed by atoms with E-state index in [1.807, 2.05) is 37.2 Å². The minimum atomic E-state index is -0.497. The number of ether oxygens (including phenoxy) is 1. The average Bonchev–Trinajstić information content (AvgIpc) is 3.48. The Morgan fingerprint density at radius 3 is 2.50 bits per heavy atom. The first-order valence-corrected chi connectivity index (χ1v) is 14.9. The van der Waals surface area contributed by atoms with E-state index in [0.717, 1.165) is 47.8 Å². The molecule has 2 fully saturated rings. The molecule has 9 nitrogen and oxygen atoms in total. The highest BCUT2D eigenvalue weighted by atomic mass is 32.1. The molecule has 2 aliphatic heterocycles. The summed E-state index contributed by atoms with van der Waals surface area (Å²) in [5.41, 5.74) is 5.83. The van der Waals surface area contributed by atoms with Crippen molar-refractivity contribution in [2.75, 3.05) is 43.0 Å². The number of anilines is 3. The van der Waals surface area contributed by atoms with Gasteiger partial charge in [0.1, 0.15) is 28.1 Å². The molecule has 11 heteroatoms. The number of hydrogen-bond acceptors (Lipinski definition) is 8. The van der Waals surface area contributed by atoms with Crippen LogP contribution in [0.4, 0.5) is 25.7 Å². The van der Waals surface area contributed by atoms with Crippen LogP contribution < -0.4 is 9.80 Å². The Kier molecular flexibility index (Phi) is 6.65. The van der Waals surface area contributed by atoms with Crippen molar-refractivity contribution < 1.29 is 13.9 Å². The van der Waals surface area contributed by atoms with Gasteiger partial charge in [0.05, 0.1) is 16.9 Å². The van der Waals surface area contributed by atoms with Crippen molar-refractivity contribution in [2.45, 2.75) is 46.6 Å².